The molecule has 0 bridgehead atoms. The van der Waals surface area contributed by atoms with E-state index in [9.17, 15) is 9.18 Å². The summed E-state index contributed by atoms with van der Waals surface area (Å²) in [5.41, 5.74) is 0.826. The lowest BCUT2D eigenvalue weighted by atomic mass is 10.4. The second-order valence-corrected chi connectivity index (χ2v) is 3.46. The number of rotatable bonds is 2. The Hall–Kier alpha value is -1.88. The molecular formula is C10H6ClFN2O2. The molecule has 0 aliphatic heterocycles. The van der Waals surface area contributed by atoms with Crippen LogP contribution in [0.3, 0.4) is 0 Å². The number of nitrogens with zero attached hydrogens (tertiary/aromatic N) is 2. The van der Waals surface area contributed by atoms with Crippen molar-refractivity contribution in [1.82, 2.24) is 9.38 Å². The minimum atomic E-state index is -1.09. The van der Waals surface area contributed by atoms with Crippen molar-refractivity contribution < 1.29 is 14.3 Å². The van der Waals surface area contributed by atoms with Gasteiger partial charge in [0, 0.05) is 12.3 Å². The number of halogens is 2. The highest BCUT2D eigenvalue weighted by Crippen LogP contribution is 2.19. The summed E-state index contributed by atoms with van der Waals surface area (Å²) >= 11 is 5.77. The second kappa shape index (κ2) is 3.94. The fraction of sp³-hybridized carbons (Fsp3) is 0. The fourth-order valence-corrected chi connectivity index (χ4v) is 1.56. The van der Waals surface area contributed by atoms with Crippen molar-refractivity contribution in [3.05, 3.63) is 41.1 Å². The molecule has 6 heteroatoms. The normalized spacial score (nSPS) is 11.4. The van der Waals surface area contributed by atoms with Crippen molar-refractivity contribution >= 4 is 29.3 Å². The lowest BCUT2D eigenvalue weighted by Gasteiger charge is -1.98. The van der Waals surface area contributed by atoms with E-state index in [0.717, 1.165) is 12.1 Å². The van der Waals surface area contributed by atoms with Gasteiger partial charge in [0.05, 0.1) is 16.9 Å². The summed E-state index contributed by atoms with van der Waals surface area (Å²) in [6, 6.07) is 1.15. The van der Waals surface area contributed by atoms with E-state index in [2.05, 4.69) is 4.98 Å². The summed E-state index contributed by atoms with van der Waals surface area (Å²) in [4.78, 5) is 14.3. The molecule has 4 nitrogen and oxygen atoms in total. The molecular weight excluding hydrogens is 235 g/mol. The molecule has 0 unspecified atom stereocenters. The first-order valence-corrected chi connectivity index (χ1v) is 4.69. The monoisotopic (exact) mass is 240 g/mol. The van der Waals surface area contributed by atoms with Crippen molar-refractivity contribution in [1.29, 1.82) is 0 Å². The van der Waals surface area contributed by atoms with E-state index in [0.29, 0.717) is 11.3 Å². The smallest absolute Gasteiger partial charge is 0.328 e. The number of hydrogen-bond acceptors (Lipinski definition) is 2. The number of hydrogen-bond donors (Lipinski definition) is 1. The minimum absolute atomic E-state index is 0.176. The zero-order valence-electron chi connectivity index (χ0n) is 7.89. The summed E-state index contributed by atoms with van der Waals surface area (Å²) in [6.07, 6.45) is 4.87. The van der Waals surface area contributed by atoms with E-state index < -0.39 is 11.8 Å². The molecule has 0 saturated carbocycles. The Labute approximate surface area is 94.6 Å². The van der Waals surface area contributed by atoms with Crippen molar-refractivity contribution in [2.45, 2.75) is 0 Å². The third-order valence-electron chi connectivity index (χ3n) is 1.95. The van der Waals surface area contributed by atoms with Gasteiger partial charge >= 0.3 is 5.97 Å². The number of aliphatic carboxylic acids is 1. The summed E-state index contributed by atoms with van der Waals surface area (Å²) in [7, 11) is 0. The minimum Gasteiger partial charge on any atom is -0.478 e. The van der Waals surface area contributed by atoms with E-state index in [-0.39, 0.29) is 5.02 Å². The van der Waals surface area contributed by atoms with Gasteiger partial charge in [-0.2, -0.15) is 0 Å². The van der Waals surface area contributed by atoms with Crippen LogP contribution in [0.5, 0.6) is 0 Å². The topological polar surface area (TPSA) is 54.6 Å². The molecule has 0 aromatic carbocycles. The van der Waals surface area contributed by atoms with Gasteiger partial charge in [0.25, 0.3) is 0 Å². The van der Waals surface area contributed by atoms with E-state index in [4.69, 9.17) is 16.7 Å². The van der Waals surface area contributed by atoms with Crippen LogP contribution in [0.4, 0.5) is 4.39 Å². The summed E-state index contributed by atoms with van der Waals surface area (Å²) in [5.74, 6) is -1.60. The van der Waals surface area contributed by atoms with Crippen LogP contribution < -0.4 is 0 Å². The maximum atomic E-state index is 13.1. The summed E-state index contributed by atoms with van der Waals surface area (Å²) < 4.78 is 14.5. The lowest BCUT2D eigenvalue weighted by Crippen LogP contribution is -1.91. The fourth-order valence-electron chi connectivity index (χ4n) is 1.31. The third kappa shape index (κ3) is 1.90. The lowest BCUT2D eigenvalue weighted by molar-refractivity contribution is -0.131. The predicted octanol–water partition coefficient (Wildman–Crippen LogP) is 2.22. The van der Waals surface area contributed by atoms with Crippen LogP contribution in [-0.4, -0.2) is 20.5 Å². The van der Waals surface area contributed by atoms with Gasteiger partial charge in [-0.3, -0.25) is 4.40 Å². The number of fused-ring (bicyclic) bond motifs is 1. The number of carbonyl (C=O) groups is 1. The molecule has 2 heterocycles. The summed E-state index contributed by atoms with van der Waals surface area (Å²) in [5, 5.41) is 8.65. The average Bonchev–Trinajstić information content (AvgIpc) is 2.58. The molecule has 0 saturated heterocycles. The second-order valence-electron chi connectivity index (χ2n) is 3.05. The van der Waals surface area contributed by atoms with Crippen LogP contribution in [0, 0.1) is 5.82 Å². The molecule has 0 amide bonds. The van der Waals surface area contributed by atoms with Crippen LogP contribution in [0.1, 0.15) is 5.69 Å². The molecule has 2 aromatic heterocycles. The van der Waals surface area contributed by atoms with Crippen molar-refractivity contribution in [3.8, 4) is 0 Å². The molecule has 0 atom stereocenters. The molecule has 82 valence electrons. The predicted molar refractivity (Wildman–Crippen MR) is 56.8 cm³/mol. The number of imidazole rings is 1. The van der Waals surface area contributed by atoms with Gasteiger partial charge in [0.2, 0.25) is 0 Å². The molecule has 0 fully saturated rings. The summed E-state index contributed by atoms with van der Waals surface area (Å²) in [6.45, 7) is 0. The molecule has 2 rings (SSSR count). The van der Waals surface area contributed by atoms with Gasteiger partial charge in [-0.05, 0) is 12.1 Å². The Morgan fingerprint density at radius 1 is 1.62 bits per heavy atom. The van der Waals surface area contributed by atoms with Gasteiger partial charge in [-0.15, -0.1) is 0 Å². The Bertz CT molecular complexity index is 592. The zero-order chi connectivity index (χ0) is 11.7. The molecule has 0 spiro atoms. The van der Waals surface area contributed by atoms with Crippen LogP contribution in [-0.2, 0) is 4.79 Å². The van der Waals surface area contributed by atoms with Gasteiger partial charge in [-0.25, -0.2) is 14.2 Å². The largest absolute Gasteiger partial charge is 0.478 e. The quantitative estimate of drug-likeness (QED) is 0.819. The number of carboxylic acid groups (broad SMARTS) is 1. The first-order valence-electron chi connectivity index (χ1n) is 4.31. The third-order valence-corrected chi connectivity index (χ3v) is 2.23. The van der Waals surface area contributed by atoms with E-state index in [1.54, 1.807) is 0 Å². The van der Waals surface area contributed by atoms with Gasteiger partial charge in [0.1, 0.15) is 5.82 Å². The Morgan fingerprint density at radius 2 is 2.38 bits per heavy atom. The van der Waals surface area contributed by atoms with Crippen LogP contribution in [0.2, 0.25) is 5.02 Å². The number of aromatic nitrogens is 2. The Kier molecular flexibility index (Phi) is 2.62. The maximum Gasteiger partial charge on any atom is 0.328 e. The highest BCUT2D eigenvalue weighted by atomic mass is 35.5. The number of carboxylic acids is 1. The van der Waals surface area contributed by atoms with Crippen LogP contribution >= 0.6 is 11.6 Å². The first-order chi connectivity index (χ1) is 7.58. The van der Waals surface area contributed by atoms with E-state index >= 15 is 0 Å². The van der Waals surface area contributed by atoms with E-state index in [1.165, 1.54) is 22.9 Å². The number of pyridine rings is 1. The highest BCUT2D eigenvalue weighted by molar-refractivity contribution is 6.33. The molecule has 2 aromatic rings. The standard InChI is InChI=1S/C10H6ClFN2O2/c11-8-3-6(12)5-14-7(1-2-9(15)16)4-13-10(8)14/h1-5H,(H,15,16)/b2-1+. The molecule has 16 heavy (non-hydrogen) atoms. The highest BCUT2D eigenvalue weighted by Gasteiger charge is 2.06. The van der Waals surface area contributed by atoms with Gasteiger partial charge in [-0.1, -0.05) is 11.6 Å². The zero-order valence-corrected chi connectivity index (χ0v) is 8.65. The molecule has 0 aliphatic rings. The Morgan fingerprint density at radius 3 is 3.06 bits per heavy atom. The van der Waals surface area contributed by atoms with Crippen LogP contribution in [0.15, 0.2) is 24.5 Å². The molecule has 1 N–H and O–H groups in total. The van der Waals surface area contributed by atoms with E-state index in [1.807, 2.05) is 0 Å². The first kappa shape index (κ1) is 10.6. The SMILES string of the molecule is O=C(O)/C=C/c1cnc2c(Cl)cc(F)cn12. The van der Waals surface area contributed by atoms with Crippen molar-refractivity contribution in [3.63, 3.8) is 0 Å². The Balaban J connectivity index is 2.60. The molecule has 0 radical (unpaired) electrons. The van der Waals surface area contributed by atoms with Crippen molar-refractivity contribution in [2.75, 3.05) is 0 Å². The van der Waals surface area contributed by atoms with Crippen LogP contribution in [0.25, 0.3) is 11.7 Å². The average molecular weight is 241 g/mol. The van der Waals surface area contributed by atoms with Crippen molar-refractivity contribution in [2.24, 2.45) is 0 Å². The van der Waals surface area contributed by atoms with Gasteiger partial charge in [0.15, 0.2) is 5.65 Å². The van der Waals surface area contributed by atoms with Gasteiger partial charge < -0.3 is 5.11 Å². The maximum absolute atomic E-state index is 13.1. The molecule has 0 aliphatic carbocycles.